The summed E-state index contributed by atoms with van der Waals surface area (Å²) in [5, 5.41) is 3.46. The van der Waals surface area contributed by atoms with Crippen molar-refractivity contribution in [2.45, 2.75) is 46.1 Å². The normalized spacial score (nSPS) is 18.6. The molecule has 3 rings (SSSR count). The highest BCUT2D eigenvalue weighted by Gasteiger charge is 2.18. The van der Waals surface area contributed by atoms with Crippen LogP contribution in [0.15, 0.2) is 6.07 Å². The number of pyridine rings is 1. The zero-order valence-corrected chi connectivity index (χ0v) is 11.9. The first-order valence-electron chi connectivity index (χ1n) is 7.27. The van der Waals surface area contributed by atoms with Gasteiger partial charge in [-0.2, -0.15) is 0 Å². The van der Waals surface area contributed by atoms with Crippen molar-refractivity contribution in [3.8, 4) is 0 Å². The number of likely N-dealkylation sites (N-methyl/N-ethyl adjacent to an activating group) is 1. The lowest BCUT2D eigenvalue weighted by Crippen LogP contribution is -2.27. The summed E-state index contributed by atoms with van der Waals surface area (Å²) in [5.74, 6) is 1.14. The van der Waals surface area contributed by atoms with Gasteiger partial charge in [0.15, 0.2) is 0 Å². The minimum Gasteiger partial charge on any atom is -0.370 e. The zero-order chi connectivity index (χ0) is 13.0. The van der Waals surface area contributed by atoms with Gasteiger partial charge in [0, 0.05) is 19.6 Å². The number of hydrogen-bond donors (Lipinski definition) is 1. The van der Waals surface area contributed by atoms with Crippen LogP contribution in [0.1, 0.15) is 43.5 Å². The maximum Gasteiger partial charge on any atom is 0.129 e. The van der Waals surface area contributed by atoms with E-state index in [-0.39, 0.29) is 0 Å². The van der Waals surface area contributed by atoms with Crippen molar-refractivity contribution in [2.24, 2.45) is 0 Å². The molecule has 1 aromatic rings. The molecule has 0 aromatic carbocycles. The summed E-state index contributed by atoms with van der Waals surface area (Å²) in [4.78, 5) is 7.16. The lowest BCUT2D eigenvalue weighted by Gasteiger charge is -2.25. The van der Waals surface area contributed by atoms with Crippen LogP contribution in [0.2, 0.25) is 0 Å². The van der Waals surface area contributed by atoms with E-state index in [4.69, 9.17) is 4.98 Å². The van der Waals surface area contributed by atoms with Gasteiger partial charge in [0.1, 0.15) is 5.82 Å². The average Bonchev–Trinajstić information content (AvgIpc) is 2.63. The van der Waals surface area contributed by atoms with Crippen molar-refractivity contribution in [3.63, 3.8) is 0 Å². The fraction of sp³-hybridized carbons (Fsp3) is 0.667. The maximum absolute atomic E-state index is 4.81. The quantitative estimate of drug-likeness (QED) is 0.764. The number of rotatable bonds is 0. The van der Waals surface area contributed by atoms with Crippen molar-refractivity contribution >= 4 is 5.82 Å². The molecule has 0 bridgehead atoms. The first-order chi connectivity index (χ1) is 8.83. The number of aromatic nitrogens is 1. The fourth-order valence-electron chi connectivity index (χ4n) is 2.63. The molecule has 0 fully saturated rings. The highest BCUT2D eigenvalue weighted by Crippen LogP contribution is 2.25. The van der Waals surface area contributed by atoms with Crippen molar-refractivity contribution in [1.82, 2.24) is 9.88 Å². The van der Waals surface area contributed by atoms with Crippen molar-refractivity contribution in [1.29, 1.82) is 0 Å². The number of aryl methyl sites for hydroxylation is 1. The number of nitrogens with one attached hydrogen (secondary N) is 1. The molecule has 0 amide bonds. The molecule has 18 heavy (non-hydrogen) atoms. The predicted octanol–water partition coefficient (Wildman–Crippen LogP) is 2.84. The third-order valence-corrected chi connectivity index (χ3v) is 3.62. The molecule has 100 valence electrons. The van der Waals surface area contributed by atoms with Crippen LogP contribution in [-0.4, -0.2) is 30.0 Å². The zero-order valence-electron chi connectivity index (χ0n) is 11.9. The van der Waals surface area contributed by atoms with Gasteiger partial charge in [-0.1, -0.05) is 19.9 Å². The molecule has 0 saturated heterocycles. The van der Waals surface area contributed by atoms with E-state index in [2.05, 4.69) is 23.3 Å². The number of hydrogen-bond acceptors (Lipinski definition) is 3. The topological polar surface area (TPSA) is 28.2 Å². The standard InChI is InChI=1S/C13H19N3.C2H6/c1-16-7-5-10-8-11-4-2-3-6-14-13(11)15-12(10)9-16;1-2/h8H,2-7,9H2,1H3,(H,14,15);1-2H3. The van der Waals surface area contributed by atoms with Crippen molar-refractivity contribution < 1.29 is 0 Å². The van der Waals surface area contributed by atoms with E-state index in [1.165, 1.54) is 42.6 Å². The van der Waals surface area contributed by atoms with E-state index in [1.54, 1.807) is 0 Å². The molecule has 0 saturated carbocycles. The Morgan fingerprint density at radius 3 is 2.83 bits per heavy atom. The molecule has 2 aliphatic rings. The van der Waals surface area contributed by atoms with Crippen LogP contribution in [-0.2, 0) is 19.4 Å². The van der Waals surface area contributed by atoms with Crippen LogP contribution in [0, 0.1) is 0 Å². The third kappa shape index (κ3) is 2.83. The van der Waals surface area contributed by atoms with Gasteiger partial charge in [-0.15, -0.1) is 0 Å². The van der Waals surface area contributed by atoms with Crippen LogP contribution in [0.3, 0.4) is 0 Å². The number of anilines is 1. The molecule has 2 aliphatic heterocycles. The Labute approximate surface area is 111 Å². The van der Waals surface area contributed by atoms with Gasteiger partial charge in [-0.05, 0) is 43.9 Å². The van der Waals surface area contributed by atoms with Crippen LogP contribution < -0.4 is 5.32 Å². The van der Waals surface area contributed by atoms with Gasteiger partial charge in [0.2, 0.25) is 0 Å². The Morgan fingerprint density at radius 1 is 1.17 bits per heavy atom. The van der Waals surface area contributed by atoms with Gasteiger partial charge < -0.3 is 10.2 Å². The van der Waals surface area contributed by atoms with E-state index in [0.717, 1.165) is 25.3 Å². The van der Waals surface area contributed by atoms with Gasteiger partial charge in [-0.3, -0.25) is 0 Å². The van der Waals surface area contributed by atoms with Gasteiger partial charge >= 0.3 is 0 Å². The maximum atomic E-state index is 4.81. The van der Waals surface area contributed by atoms with Crippen molar-refractivity contribution in [2.75, 3.05) is 25.5 Å². The molecule has 3 heterocycles. The van der Waals surface area contributed by atoms with E-state index < -0.39 is 0 Å². The summed E-state index contributed by atoms with van der Waals surface area (Å²) in [6, 6.07) is 2.39. The molecule has 0 atom stereocenters. The molecule has 1 N–H and O–H groups in total. The molecule has 3 nitrogen and oxygen atoms in total. The Bertz CT molecular complexity index is 400. The third-order valence-electron chi connectivity index (χ3n) is 3.62. The minimum atomic E-state index is 1.00. The molecule has 0 radical (unpaired) electrons. The fourth-order valence-corrected chi connectivity index (χ4v) is 2.63. The van der Waals surface area contributed by atoms with Gasteiger partial charge in [-0.25, -0.2) is 4.98 Å². The summed E-state index contributed by atoms with van der Waals surface area (Å²) in [6.07, 6.45) is 4.91. The van der Waals surface area contributed by atoms with E-state index in [1.807, 2.05) is 13.8 Å². The smallest absolute Gasteiger partial charge is 0.129 e. The summed E-state index contributed by atoms with van der Waals surface area (Å²) in [7, 11) is 2.17. The molecule has 3 heteroatoms. The highest BCUT2D eigenvalue weighted by molar-refractivity contribution is 5.49. The number of fused-ring (bicyclic) bond motifs is 2. The van der Waals surface area contributed by atoms with Gasteiger partial charge in [0.05, 0.1) is 5.69 Å². The Hall–Kier alpha value is -1.09. The summed E-state index contributed by atoms with van der Waals surface area (Å²) >= 11 is 0. The second-order valence-corrected chi connectivity index (χ2v) is 4.97. The van der Waals surface area contributed by atoms with E-state index in [9.17, 15) is 0 Å². The second-order valence-electron chi connectivity index (χ2n) is 4.97. The van der Waals surface area contributed by atoms with Crippen LogP contribution in [0.4, 0.5) is 5.82 Å². The second kappa shape index (κ2) is 6.19. The van der Waals surface area contributed by atoms with E-state index in [0.29, 0.717) is 0 Å². The monoisotopic (exact) mass is 247 g/mol. The Kier molecular flexibility index (Phi) is 4.59. The average molecular weight is 247 g/mol. The molecule has 1 aromatic heterocycles. The first kappa shape index (κ1) is 13.3. The molecule has 0 unspecified atom stereocenters. The van der Waals surface area contributed by atoms with Gasteiger partial charge in [0.25, 0.3) is 0 Å². The summed E-state index contributed by atoms with van der Waals surface area (Å²) < 4.78 is 0. The first-order valence-corrected chi connectivity index (χ1v) is 7.27. The predicted molar refractivity (Wildman–Crippen MR) is 77.1 cm³/mol. The lowest BCUT2D eigenvalue weighted by molar-refractivity contribution is 0.307. The highest BCUT2D eigenvalue weighted by atomic mass is 15.1. The molecule has 0 spiro atoms. The molecular formula is C15H25N3. The Balaban J connectivity index is 0.000000574. The minimum absolute atomic E-state index is 1.00. The summed E-state index contributed by atoms with van der Waals surface area (Å²) in [6.45, 7) is 7.25. The SMILES string of the molecule is CC.CN1CCc2cc3c(nc2C1)NCCCC3. The van der Waals surface area contributed by atoms with Crippen molar-refractivity contribution in [3.05, 3.63) is 22.9 Å². The van der Waals surface area contributed by atoms with E-state index >= 15 is 0 Å². The lowest BCUT2D eigenvalue weighted by atomic mass is 10.0. The molecular weight excluding hydrogens is 222 g/mol. The Morgan fingerprint density at radius 2 is 2.00 bits per heavy atom. The van der Waals surface area contributed by atoms with Crippen LogP contribution >= 0.6 is 0 Å². The summed E-state index contributed by atoms with van der Waals surface area (Å²) in [5.41, 5.74) is 4.18. The van der Waals surface area contributed by atoms with Crippen LogP contribution in [0.5, 0.6) is 0 Å². The number of nitrogens with zero attached hydrogens (tertiary/aromatic N) is 2. The largest absolute Gasteiger partial charge is 0.370 e. The molecule has 0 aliphatic carbocycles. The van der Waals surface area contributed by atoms with Crippen LogP contribution in [0.25, 0.3) is 0 Å².